The second-order valence-corrected chi connectivity index (χ2v) is 14.3. The van der Waals surface area contributed by atoms with Crippen molar-refractivity contribution in [2.45, 2.75) is 49.8 Å². The van der Waals surface area contributed by atoms with Gasteiger partial charge in [0.25, 0.3) is 11.8 Å². The van der Waals surface area contributed by atoms with Gasteiger partial charge in [-0.25, -0.2) is 4.79 Å². The highest BCUT2D eigenvalue weighted by atomic mass is 16.5. The van der Waals surface area contributed by atoms with Crippen LogP contribution in [0.4, 0.5) is 0 Å². The lowest BCUT2D eigenvalue weighted by Gasteiger charge is -2.36. The van der Waals surface area contributed by atoms with E-state index in [0.29, 0.717) is 47.2 Å². The molecule has 0 unspecified atom stereocenters. The molecular weight excluding hydrogens is 741 g/mol. The zero-order valence-corrected chi connectivity index (χ0v) is 31.2. The maximum atomic E-state index is 12.9. The summed E-state index contributed by atoms with van der Waals surface area (Å²) in [6.07, 6.45) is 0.305. The van der Waals surface area contributed by atoms with Crippen LogP contribution < -0.4 is 26.2 Å². The Bertz CT molecular complexity index is 2480. The van der Waals surface area contributed by atoms with Crippen LogP contribution >= 0.6 is 0 Å². The third kappa shape index (κ3) is 8.76. The lowest BCUT2D eigenvalue weighted by Crippen LogP contribution is -2.53. The topological polar surface area (TPSA) is 210 Å². The van der Waals surface area contributed by atoms with E-state index in [1.165, 1.54) is 24.3 Å². The van der Waals surface area contributed by atoms with Crippen molar-refractivity contribution in [1.82, 2.24) is 20.9 Å². The van der Waals surface area contributed by atoms with Crippen LogP contribution in [0.3, 0.4) is 0 Å². The zero-order valence-electron chi connectivity index (χ0n) is 31.2. The Labute approximate surface area is 333 Å². The van der Waals surface area contributed by atoms with E-state index in [9.17, 15) is 39.6 Å². The van der Waals surface area contributed by atoms with Crippen molar-refractivity contribution in [2.24, 2.45) is 0 Å². The van der Waals surface area contributed by atoms with Crippen molar-refractivity contribution in [3.05, 3.63) is 177 Å². The van der Waals surface area contributed by atoms with Gasteiger partial charge in [-0.1, -0.05) is 72.8 Å². The van der Waals surface area contributed by atoms with Crippen molar-refractivity contribution < 1.29 is 39.5 Å². The van der Waals surface area contributed by atoms with Gasteiger partial charge in [-0.15, -0.1) is 0 Å². The number of rotatable bonds is 15. The first kappa shape index (κ1) is 39.4. The number of carboxylic acid groups (broad SMARTS) is 1. The number of phenolic OH excluding ortho intramolecular Hbond substituents is 1. The molecule has 1 fully saturated rings. The molecule has 0 saturated heterocycles. The van der Waals surface area contributed by atoms with E-state index in [1.807, 2.05) is 12.1 Å². The number of aliphatic hydroxyl groups is 2. The van der Waals surface area contributed by atoms with Gasteiger partial charge in [-0.3, -0.25) is 14.4 Å². The summed E-state index contributed by atoms with van der Waals surface area (Å²) in [6, 6.07) is 34.4. The molecule has 13 heteroatoms. The number of fused-ring (bicyclic) bond motifs is 1. The number of carbonyl (C=O) groups excluding carboxylic acids is 2. The number of H-pyrrole nitrogens is 1. The Kier molecular flexibility index (Phi) is 11.7. The first-order valence-corrected chi connectivity index (χ1v) is 18.8. The number of nitrogens with one attached hydrogen (secondary N) is 4. The number of aliphatic hydroxyl groups excluding tert-OH is 1. The highest BCUT2D eigenvalue weighted by Gasteiger charge is 2.40. The molecule has 0 aliphatic heterocycles. The largest absolute Gasteiger partial charge is 0.506 e. The summed E-state index contributed by atoms with van der Waals surface area (Å²) in [4.78, 5) is 52.3. The molecule has 6 aromatic rings. The van der Waals surface area contributed by atoms with E-state index in [-0.39, 0.29) is 65.0 Å². The fraction of sp³-hybridized carbons (Fsp3) is 0.200. The number of aromatic nitrogens is 1. The molecule has 7 rings (SSSR count). The van der Waals surface area contributed by atoms with Gasteiger partial charge in [0.05, 0.1) is 11.6 Å². The highest BCUT2D eigenvalue weighted by molar-refractivity contribution is 5.95. The number of pyridine rings is 1. The number of carboxylic acids is 1. The Hall–Kier alpha value is -6.80. The van der Waals surface area contributed by atoms with E-state index >= 15 is 0 Å². The Morgan fingerprint density at radius 1 is 0.759 bits per heavy atom. The lowest BCUT2D eigenvalue weighted by atomic mass is 9.86. The maximum absolute atomic E-state index is 12.9. The van der Waals surface area contributed by atoms with Gasteiger partial charge < -0.3 is 46.1 Å². The van der Waals surface area contributed by atoms with E-state index < -0.39 is 17.7 Å². The molecule has 2 amide bonds. The number of phenols is 1. The number of aliphatic carboxylic acids is 1. The van der Waals surface area contributed by atoms with Gasteiger partial charge in [0.2, 0.25) is 11.2 Å². The van der Waals surface area contributed by atoms with Crippen molar-refractivity contribution >= 4 is 28.7 Å². The van der Waals surface area contributed by atoms with Gasteiger partial charge in [0, 0.05) is 53.3 Å². The minimum absolute atomic E-state index is 0.0728. The molecule has 1 aliphatic carbocycles. The molecule has 1 saturated carbocycles. The van der Waals surface area contributed by atoms with Crippen LogP contribution in [-0.2, 0) is 23.5 Å². The molecule has 13 nitrogen and oxygen atoms in total. The lowest BCUT2D eigenvalue weighted by molar-refractivity contribution is -0.155. The molecule has 1 aliphatic rings. The van der Waals surface area contributed by atoms with E-state index in [4.69, 9.17) is 4.74 Å². The normalized spacial score (nSPS) is 16.4. The Morgan fingerprint density at radius 3 is 2.02 bits per heavy atom. The predicted octanol–water partition coefficient (Wildman–Crippen LogP) is 4.65. The fourth-order valence-corrected chi connectivity index (χ4v) is 7.00. The number of amides is 2. The van der Waals surface area contributed by atoms with Gasteiger partial charge in [0.15, 0.2) is 0 Å². The van der Waals surface area contributed by atoms with Crippen LogP contribution in [0, 0.1) is 0 Å². The summed E-state index contributed by atoms with van der Waals surface area (Å²) in [6.45, 7) is 0.818. The van der Waals surface area contributed by atoms with Gasteiger partial charge in [-0.2, -0.15) is 0 Å². The number of aromatic amines is 1. The minimum Gasteiger partial charge on any atom is -0.506 e. The van der Waals surface area contributed by atoms with Gasteiger partial charge in [-0.05, 0) is 83.6 Å². The molecule has 58 heavy (non-hydrogen) atoms. The summed E-state index contributed by atoms with van der Waals surface area (Å²) in [5.41, 5.74) is 1.31. The first-order chi connectivity index (χ1) is 28.0. The number of aromatic hydroxyl groups is 1. The molecule has 296 valence electrons. The van der Waals surface area contributed by atoms with E-state index in [0.717, 1.165) is 11.1 Å². The van der Waals surface area contributed by atoms with Crippen LogP contribution in [0.2, 0.25) is 0 Å². The second kappa shape index (κ2) is 17.1. The predicted molar refractivity (Wildman–Crippen MR) is 215 cm³/mol. The smallest absolute Gasteiger partial charge is 0.345 e. The Balaban J connectivity index is 0.830. The average Bonchev–Trinajstić information content (AvgIpc) is 3.22. The summed E-state index contributed by atoms with van der Waals surface area (Å²) in [7, 11) is 0. The number of benzene rings is 5. The third-order valence-electron chi connectivity index (χ3n) is 10.3. The zero-order chi connectivity index (χ0) is 40.8. The number of hydrogen-bond donors (Lipinski definition) is 8. The van der Waals surface area contributed by atoms with Crippen LogP contribution in [0.5, 0.6) is 11.5 Å². The molecule has 1 heterocycles. The van der Waals surface area contributed by atoms with Gasteiger partial charge >= 0.3 is 5.97 Å². The molecule has 0 radical (unpaired) electrons. The van der Waals surface area contributed by atoms with E-state index in [1.54, 1.807) is 91.0 Å². The number of carbonyl (C=O) groups is 3. The highest BCUT2D eigenvalue weighted by Crippen LogP contribution is 2.33. The summed E-state index contributed by atoms with van der Waals surface area (Å²) in [5, 5.41) is 51.8. The van der Waals surface area contributed by atoms with Crippen LogP contribution in [-0.4, -0.2) is 61.8 Å². The third-order valence-corrected chi connectivity index (χ3v) is 10.3. The molecule has 1 aromatic heterocycles. The summed E-state index contributed by atoms with van der Waals surface area (Å²) in [5.74, 6) is -1.53. The molecule has 0 bridgehead atoms. The van der Waals surface area contributed by atoms with Crippen LogP contribution in [0.25, 0.3) is 10.9 Å². The quantitative estimate of drug-likeness (QED) is 0.0723. The molecule has 5 aromatic carbocycles. The van der Waals surface area contributed by atoms with Crippen LogP contribution in [0.15, 0.2) is 132 Å². The number of ether oxygens (including phenoxy) is 1. The second-order valence-electron chi connectivity index (χ2n) is 14.3. The number of hydrogen-bond acceptors (Lipinski definition) is 9. The van der Waals surface area contributed by atoms with Crippen LogP contribution in [0.1, 0.15) is 67.5 Å². The van der Waals surface area contributed by atoms with Crippen molar-refractivity contribution in [3.63, 3.8) is 0 Å². The Morgan fingerprint density at radius 2 is 1.38 bits per heavy atom. The molecule has 2 atom stereocenters. The first-order valence-electron chi connectivity index (χ1n) is 18.8. The summed E-state index contributed by atoms with van der Waals surface area (Å²) >= 11 is 0. The van der Waals surface area contributed by atoms with Crippen molar-refractivity contribution in [2.75, 3.05) is 6.54 Å². The minimum atomic E-state index is -2.25. The molecule has 8 N–H and O–H groups in total. The monoisotopic (exact) mass is 782 g/mol. The molecule has 0 spiro atoms. The summed E-state index contributed by atoms with van der Waals surface area (Å²) < 4.78 is 5.91. The standard InChI is InChI=1S/C45H42N4O9/c50-38-19-17-36(37-18-20-40(52)49-41(37)38)39(51)25-46-24-27-9-13-29(14-10-27)42(53)47-33-22-34(23-33)48-43(54)30-15-11-28(12-16-30)26-58-35-8-4-7-32(21-35)45(57,44(55)56)31-5-2-1-3-6-31/h1-21,33-34,39,46,50-51,57H,22-26H2,(H,47,53)(H,48,54)(H,49,52)(H,55,56)/t33-,34-,39-,45-/m0/s1. The van der Waals surface area contributed by atoms with Gasteiger partial charge in [0.1, 0.15) is 18.1 Å². The average molecular weight is 783 g/mol. The van der Waals surface area contributed by atoms with Crippen molar-refractivity contribution in [3.8, 4) is 11.5 Å². The maximum Gasteiger partial charge on any atom is 0.345 e. The molecular formula is C45H42N4O9. The SMILES string of the molecule is O=C(N[C@H]1C[C@H](NC(=O)c2ccc(COc3cccc([C@](O)(C(=O)O)c4ccccc4)c3)cc2)C1)c1ccc(CNC[C@H](O)c2ccc(O)c3[nH]c(=O)ccc23)cc1. The van der Waals surface area contributed by atoms with Crippen molar-refractivity contribution in [1.29, 1.82) is 0 Å². The van der Waals surface area contributed by atoms with E-state index in [2.05, 4.69) is 20.9 Å². The fourth-order valence-electron chi connectivity index (χ4n) is 7.00.